The lowest BCUT2D eigenvalue weighted by molar-refractivity contribution is -0.0833. The van der Waals surface area contributed by atoms with E-state index in [4.69, 9.17) is 9.47 Å². The van der Waals surface area contributed by atoms with Gasteiger partial charge >= 0.3 is 0 Å². The van der Waals surface area contributed by atoms with E-state index in [1.165, 1.54) is 18.4 Å². The number of methoxy groups -OCH3 is 1. The van der Waals surface area contributed by atoms with E-state index in [1.807, 2.05) is 12.1 Å². The third-order valence-corrected chi connectivity index (χ3v) is 3.37. The Morgan fingerprint density at radius 2 is 1.56 bits per heavy atom. The topological polar surface area (TPSA) is 18.5 Å². The van der Waals surface area contributed by atoms with Crippen LogP contribution in [0.15, 0.2) is 24.3 Å². The van der Waals surface area contributed by atoms with Crippen LogP contribution in [0, 0.1) is 5.92 Å². The van der Waals surface area contributed by atoms with Crippen LogP contribution in [0.2, 0.25) is 0 Å². The van der Waals surface area contributed by atoms with Gasteiger partial charge in [0.05, 0.1) is 0 Å². The Kier molecular flexibility index (Phi) is 6.20. The zero-order valence-electron chi connectivity index (χ0n) is 12.3. The van der Waals surface area contributed by atoms with Crippen LogP contribution in [0.1, 0.15) is 52.0 Å². The number of hydrogen-bond acceptors (Lipinski definition) is 2. The monoisotopic (exact) mass is 250 g/mol. The third-order valence-electron chi connectivity index (χ3n) is 3.37. The van der Waals surface area contributed by atoms with Gasteiger partial charge in [-0.3, -0.25) is 0 Å². The molecule has 102 valence electrons. The highest BCUT2D eigenvalue weighted by molar-refractivity contribution is 5.29. The van der Waals surface area contributed by atoms with Crippen molar-refractivity contribution in [3.63, 3.8) is 0 Å². The first-order valence-electron chi connectivity index (χ1n) is 6.91. The Morgan fingerprint density at radius 1 is 1.00 bits per heavy atom. The predicted octanol–water partition coefficient (Wildman–Crippen LogP) is 4.60. The van der Waals surface area contributed by atoms with Crippen LogP contribution in [0.25, 0.3) is 0 Å². The fourth-order valence-electron chi connectivity index (χ4n) is 2.17. The van der Waals surface area contributed by atoms with Crippen LogP contribution in [-0.4, -0.2) is 13.4 Å². The second-order valence-electron chi connectivity index (χ2n) is 5.05. The summed E-state index contributed by atoms with van der Waals surface area (Å²) < 4.78 is 11.1. The first-order valence-corrected chi connectivity index (χ1v) is 6.91. The Balaban J connectivity index is 2.70. The summed E-state index contributed by atoms with van der Waals surface area (Å²) in [7, 11) is 1.68. The second-order valence-corrected chi connectivity index (χ2v) is 5.05. The number of benzene rings is 1. The van der Waals surface area contributed by atoms with Crippen LogP contribution < -0.4 is 4.74 Å². The van der Waals surface area contributed by atoms with E-state index in [2.05, 4.69) is 39.8 Å². The molecule has 0 fully saturated rings. The average Bonchev–Trinajstić information content (AvgIpc) is 2.38. The quantitative estimate of drug-likeness (QED) is 0.658. The fourth-order valence-corrected chi connectivity index (χ4v) is 2.17. The maximum atomic E-state index is 5.80. The molecule has 2 nitrogen and oxygen atoms in total. The van der Waals surface area contributed by atoms with Gasteiger partial charge < -0.3 is 9.47 Å². The first kappa shape index (κ1) is 15.0. The van der Waals surface area contributed by atoms with Gasteiger partial charge in [0.15, 0.2) is 0 Å². The second kappa shape index (κ2) is 7.42. The van der Waals surface area contributed by atoms with Gasteiger partial charge in [0.2, 0.25) is 6.29 Å². The summed E-state index contributed by atoms with van der Waals surface area (Å²) in [4.78, 5) is 0. The van der Waals surface area contributed by atoms with Crippen molar-refractivity contribution in [3.8, 4) is 5.75 Å². The van der Waals surface area contributed by atoms with Crippen LogP contribution in [-0.2, 0) is 4.74 Å². The van der Waals surface area contributed by atoms with Gasteiger partial charge in [-0.2, -0.15) is 0 Å². The SMILES string of the molecule is CCC(CC)c1ccc(OC(OC)C(C)C)cc1. The molecule has 0 heterocycles. The Hall–Kier alpha value is -1.02. The van der Waals surface area contributed by atoms with Crippen molar-refractivity contribution in [2.45, 2.75) is 52.7 Å². The first-order chi connectivity index (χ1) is 8.62. The maximum Gasteiger partial charge on any atom is 0.201 e. The number of ether oxygens (including phenoxy) is 2. The molecule has 0 amide bonds. The molecule has 1 atom stereocenters. The zero-order valence-corrected chi connectivity index (χ0v) is 12.3. The van der Waals surface area contributed by atoms with Crippen molar-refractivity contribution >= 4 is 0 Å². The van der Waals surface area contributed by atoms with Gasteiger partial charge in [0.1, 0.15) is 5.75 Å². The minimum Gasteiger partial charge on any atom is -0.465 e. The normalized spacial score (nSPS) is 13.1. The standard InChI is InChI=1S/C16H26O2/c1-6-13(7-2)14-8-10-15(11-9-14)18-16(17-5)12(3)4/h8-13,16H,6-7H2,1-5H3. The highest BCUT2D eigenvalue weighted by Gasteiger charge is 2.14. The molecule has 0 aliphatic carbocycles. The predicted molar refractivity (Wildman–Crippen MR) is 76.0 cm³/mol. The molecule has 0 saturated carbocycles. The summed E-state index contributed by atoms with van der Waals surface area (Å²) in [5.41, 5.74) is 1.39. The van der Waals surface area contributed by atoms with Gasteiger partial charge in [-0.05, 0) is 36.5 Å². The summed E-state index contributed by atoms with van der Waals surface area (Å²) in [5, 5.41) is 0. The summed E-state index contributed by atoms with van der Waals surface area (Å²) in [6, 6.07) is 8.42. The summed E-state index contributed by atoms with van der Waals surface area (Å²) >= 11 is 0. The van der Waals surface area contributed by atoms with Gasteiger partial charge in [-0.25, -0.2) is 0 Å². The summed E-state index contributed by atoms with van der Waals surface area (Å²) in [5.74, 6) is 1.88. The lowest BCUT2D eigenvalue weighted by atomic mass is 9.94. The molecule has 0 bridgehead atoms. The van der Waals surface area contributed by atoms with Crippen molar-refractivity contribution in [1.29, 1.82) is 0 Å². The molecule has 0 N–H and O–H groups in total. The molecular weight excluding hydrogens is 224 g/mol. The highest BCUT2D eigenvalue weighted by Crippen LogP contribution is 2.25. The van der Waals surface area contributed by atoms with Crippen molar-refractivity contribution in [2.75, 3.05) is 7.11 Å². The van der Waals surface area contributed by atoms with E-state index in [0.717, 1.165) is 5.75 Å². The van der Waals surface area contributed by atoms with Gasteiger partial charge in [-0.15, -0.1) is 0 Å². The van der Waals surface area contributed by atoms with Gasteiger partial charge in [0, 0.05) is 13.0 Å². The molecule has 2 heteroatoms. The highest BCUT2D eigenvalue weighted by atomic mass is 16.7. The minimum atomic E-state index is -0.177. The minimum absolute atomic E-state index is 0.177. The lowest BCUT2D eigenvalue weighted by Crippen LogP contribution is -2.24. The molecule has 1 rings (SSSR count). The molecule has 0 aliphatic rings. The smallest absolute Gasteiger partial charge is 0.201 e. The Labute approximate surface area is 111 Å². The van der Waals surface area contributed by atoms with Crippen LogP contribution >= 0.6 is 0 Å². The van der Waals surface area contributed by atoms with Crippen molar-refractivity contribution in [1.82, 2.24) is 0 Å². The molecule has 1 aromatic carbocycles. The van der Waals surface area contributed by atoms with E-state index < -0.39 is 0 Å². The average molecular weight is 250 g/mol. The Bertz CT molecular complexity index is 325. The molecule has 0 aliphatic heterocycles. The van der Waals surface area contributed by atoms with Crippen LogP contribution in [0.5, 0.6) is 5.75 Å². The largest absolute Gasteiger partial charge is 0.465 e. The molecule has 1 unspecified atom stereocenters. The molecule has 1 aromatic rings. The van der Waals surface area contributed by atoms with E-state index in [9.17, 15) is 0 Å². The molecule has 0 radical (unpaired) electrons. The van der Waals surface area contributed by atoms with Crippen molar-refractivity contribution < 1.29 is 9.47 Å². The summed E-state index contributed by atoms with van der Waals surface area (Å²) in [6.07, 6.45) is 2.19. The van der Waals surface area contributed by atoms with Crippen LogP contribution in [0.4, 0.5) is 0 Å². The molecular formula is C16H26O2. The van der Waals surface area contributed by atoms with Crippen molar-refractivity contribution in [2.24, 2.45) is 5.92 Å². The van der Waals surface area contributed by atoms with Gasteiger partial charge in [0.25, 0.3) is 0 Å². The molecule has 18 heavy (non-hydrogen) atoms. The van der Waals surface area contributed by atoms with E-state index in [-0.39, 0.29) is 6.29 Å². The van der Waals surface area contributed by atoms with Crippen molar-refractivity contribution in [3.05, 3.63) is 29.8 Å². The van der Waals surface area contributed by atoms with E-state index in [1.54, 1.807) is 7.11 Å². The van der Waals surface area contributed by atoms with Crippen LogP contribution in [0.3, 0.4) is 0 Å². The lowest BCUT2D eigenvalue weighted by Gasteiger charge is -2.21. The molecule has 0 spiro atoms. The third kappa shape index (κ3) is 4.02. The van der Waals surface area contributed by atoms with E-state index in [0.29, 0.717) is 11.8 Å². The maximum absolute atomic E-state index is 5.80. The molecule has 0 saturated heterocycles. The zero-order chi connectivity index (χ0) is 13.5. The summed E-state index contributed by atoms with van der Waals surface area (Å²) in [6.45, 7) is 8.65. The van der Waals surface area contributed by atoms with E-state index >= 15 is 0 Å². The van der Waals surface area contributed by atoms with Gasteiger partial charge in [-0.1, -0.05) is 39.8 Å². The number of hydrogen-bond donors (Lipinski definition) is 0. The fraction of sp³-hybridized carbons (Fsp3) is 0.625. The Morgan fingerprint density at radius 3 is 1.94 bits per heavy atom. The number of rotatable bonds is 7. The molecule has 0 aromatic heterocycles.